The van der Waals surface area contributed by atoms with E-state index in [4.69, 9.17) is 4.42 Å². The molecular formula is C60H39NOS. The predicted molar refractivity (Wildman–Crippen MR) is 268 cm³/mol. The Morgan fingerprint density at radius 2 is 0.825 bits per heavy atom. The van der Waals surface area contributed by atoms with Crippen molar-refractivity contribution in [1.82, 2.24) is 0 Å². The number of hydrogen-bond acceptors (Lipinski definition) is 3. The van der Waals surface area contributed by atoms with E-state index in [1.165, 1.54) is 53.6 Å². The molecule has 3 heteroatoms. The summed E-state index contributed by atoms with van der Waals surface area (Å²) >= 11 is 1.86. The molecule has 0 atom stereocenters. The number of fused-ring (bicyclic) bond motifs is 6. The first kappa shape index (κ1) is 36.8. The van der Waals surface area contributed by atoms with Crippen molar-refractivity contribution in [3.63, 3.8) is 0 Å². The summed E-state index contributed by atoms with van der Waals surface area (Å²) in [5.41, 5.74) is 16.7. The van der Waals surface area contributed by atoms with Crippen molar-refractivity contribution < 1.29 is 4.42 Å². The summed E-state index contributed by atoms with van der Waals surface area (Å²) in [6.45, 7) is 0. The quantitative estimate of drug-likeness (QED) is 0.152. The minimum atomic E-state index is 0.860. The van der Waals surface area contributed by atoms with Crippen LogP contribution < -0.4 is 4.90 Å². The second-order valence-corrected chi connectivity index (χ2v) is 17.1. The van der Waals surface area contributed by atoms with Crippen LogP contribution in [0.3, 0.4) is 0 Å². The van der Waals surface area contributed by atoms with Gasteiger partial charge in [0.05, 0.1) is 21.5 Å². The van der Waals surface area contributed by atoms with Crippen LogP contribution in [0.25, 0.3) is 97.7 Å². The van der Waals surface area contributed by atoms with E-state index >= 15 is 0 Å². The van der Waals surface area contributed by atoms with Crippen molar-refractivity contribution in [3.8, 4) is 55.6 Å². The Kier molecular flexibility index (Phi) is 9.06. The van der Waals surface area contributed by atoms with Gasteiger partial charge in [0.2, 0.25) is 0 Å². The first-order valence-corrected chi connectivity index (χ1v) is 22.2. The third-order valence-electron chi connectivity index (χ3n) is 12.3. The largest absolute Gasteiger partial charge is 0.455 e. The van der Waals surface area contributed by atoms with Gasteiger partial charge in [-0.2, -0.15) is 0 Å². The standard InChI is InChI=1S/C60H39NOS/c1-5-14-40(15-6-1)43-24-26-44(27-25-43)45-28-32-49(33-29-45)61(55-23-13-22-52-51-34-30-48(39-57(51)63-60(52)55)42-18-9-3-10-19-42)54-37-36-50(46-20-11-4-12-21-46)59-58(54)53-35-31-47(38-56(53)62-59)41-16-7-2-8-17-41/h1-39H. The maximum Gasteiger partial charge on any atom is 0.145 e. The molecule has 2 nitrogen and oxygen atoms in total. The molecule has 296 valence electrons. The highest BCUT2D eigenvalue weighted by molar-refractivity contribution is 7.26. The zero-order chi connectivity index (χ0) is 41.7. The minimum absolute atomic E-state index is 0.860. The van der Waals surface area contributed by atoms with Crippen LogP contribution >= 0.6 is 11.3 Å². The fraction of sp³-hybridized carbons (Fsp3) is 0. The van der Waals surface area contributed by atoms with E-state index < -0.39 is 0 Å². The maximum atomic E-state index is 7.05. The molecule has 63 heavy (non-hydrogen) atoms. The Bertz CT molecular complexity index is 3570. The number of anilines is 3. The number of thiophene rings is 1. The SMILES string of the molecule is c1ccc(-c2ccc(-c3ccc(N(c4cccc5c4sc4cc(-c6ccccc6)ccc45)c4ccc(-c5ccccc5)c5oc6cc(-c7ccccc7)ccc6c45)cc3)cc2)cc1. The molecule has 0 spiro atoms. The Morgan fingerprint density at radius 1 is 0.333 bits per heavy atom. The predicted octanol–water partition coefficient (Wildman–Crippen LogP) is 17.8. The van der Waals surface area contributed by atoms with Crippen LogP contribution in [0.2, 0.25) is 0 Å². The van der Waals surface area contributed by atoms with E-state index in [1.807, 2.05) is 11.3 Å². The molecule has 0 bridgehead atoms. The average molecular weight is 822 g/mol. The van der Waals surface area contributed by atoms with Crippen LogP contribution in [0, 0.1) is 0 Å². The van der Waals surface area contributed by atoms with Gasteiger partial charge in [0.15, 0.2) is 0 Å². The summed E-state index contributed by atoms with van der Waals surface area (Å²) in [5.74, 6) is 0. The van der Waals surface area contributed by atoms with Gasteiger partial charge < -0.3 is 9.32 Å². The molecule has 0 unspecified atom stereocenters. The third-order valence-corrected chi connectivity index (χ3v) is 13.5. The van der Waals surface area contributed by atoms with Crippen LogP contribution in [0.1, 0.15) is 0 Å². The first-order valence-electron chi connectivity index (χ1n) is 21.4. The maximum absolute atomic E-state index is 7.05. The van der Waals surface area contributed by atoms with Crippen molar-refractivity contribution >= 4 is 70.5 Å². The van der Waals surface area contributed by atoms with E-state index in [-0.39, 0.29) is 0 Å². The summed E-state index contributed by atoms with van der Waals surface area (Å²) in [7, 11) is 0. The highest BCUT2D eigenvalue weighted by Gasteiger charge is 2.25. The van der Waals surface area contributed by atoms with Crippen LogP contribution in [-0.2, 0) is 0 Å². The molecule has 0 aliphatic rings. The highest BCUT2D eigenvalue weighted by atomic mass is 32.1. The van der Waals surface area contributed by atoms with Crippen molar-refractivity contribution in [1.29, 1.82) is 0 Å². The molecule has 12 rings (SSSR count). The monoisotopic (exact) mass is 821 g/mol. The zero-order valence-electron chi connectivity index (χ0n) is 34.3. The molecule has 0 fully saturated rings. The average Bonchev–Trinajstić information content (AvgIpc) is 3.94. The Balaban J connectivity index is 1.07. The van der Waals surface area contributed by atoms with Gasteiger partial charge in [0.25, 0.3) is 0 Å². The summed E-state index contributed by atoms with van der Waals surface area (Å²) in [5, 5.41) is 4.66. The summed E-state index contributed by atoms with van der Waals surface area (Å²) in [6.07, 6.45) is 0. The van der Waals surface area contributed by atoms with Crippen molar-refractivity contribution in [3.05, 3.63) is 237 Å². The zero-order valence-corrected chi connectivity index (χ0v) is 35.1. The van der Waals surface area contributed by atoms with Gasteiger partial charge in [-0.1, -0.05) is 188 Å². The molecule has 2 heterocycles. The van der Waals surface area contributed by atoms with Gasteiger partial charge in [-0.15, -0.1) is 11.3 Å². The number of nitrogens with zero attached hydrogens (tertiary/aromatic N) is 1. The Morgan fingerprint density at radius 3 is 1.43 bits per heavy atom. The highest BCUT2D eigenvalue weighted by Crippen LogP contribution is 2.50. The smallest absolute Gasteiger partial charge is 0.145 e. The molecule has 0 radical (unpaired) electrons. The van der Waals surface area contributed by atoms with Gasteiger partial charge in [-0.3, -0.25) is 0 Å². The van der Waals surface area contributed by atoms with E-state index in [2.05, 4.69) is 241 Å². The second-order valence-electron chi connectivity index (χ2n) is 16.0. The molecule has 0 aliphatic carbocycles. The van der Waals surface area contributed by atoms with E-state index in [0.29, 0.717) is 0 Å². The number of rotatable bonds is 8. The fourth-order valence-electron chi connectivity index (χ4n) is 9.17. The molecule has 0 aliphatic heterocycles. The van der Waals surface area contributed by atoms with Crippen molar-refractivity contribution in [2.45, 2.75) is 0 Å². The van der Waals surface area contributed by atoms with Crippen LogP contribution in [0.5, 0.6) is 0 Å². The Labute approximate surface area is 370 Å². The number of hydrogen-bond donors (Lipinski definition) is 0. The lowest BCUT2D eigenvalue weighted by atomic mass is 9.98. The molecule has 0 saturated heterocycles. The van der Waals surface area contributed by atoms with Crippen LogP contribution in [-0.4, -0.2) is 0 Å². The van der Waals surface area contributed by atoms with Gasteiger partial charge in [0, 0.05) is 32.1 Å². The van der Waals surface area contributed by atoms with Gasteiger partial charge in [0.1, 0.15) is 11.2 Å². The van der Waals surface area contributed by atoms with Crippen molar-refractivity contribution in [2.75, 3.05) is 4.90 Å². The molecule has 2 aromatic heterocycles. The molecule has 0 saturated carbocycles. The van der Waals surface area contributed by atoms with Crippen molar-refractivity contribution in [2.24, 2.45) is 0 Å². The summed E-state index contributed by atoms with van der Waals surface area (Å²) in [6, 6.07) is 85.2. The summed E-state index contributed by atoms with van der Waals surface area (Å²) < 4.78 is 9.55. The third kappa shape index (κ3) is 6.58. The second kappa shape index (κ2) is 15.5. The minimum Gasteiger partial charge on any atom is -0.455 e. The normalized spacial score (nSPS) is 11.5. The molecule has 0 amide bonds. The fourth-order valence-corrected chi connectivity index (χ4v) is 10.4. The van der Waals surface area contributed by atoms with Gasteiger partial charge in [-0.25, -0.2) is 0 Å². The number of furan rings is 1. The topological polar surface area (TPSA) is 16.4 Å². The van der Waals surface area contributed by atoms with Crippen LogP contribution in [0.15, 0.2) is 241 Å². The van der Waals surface area contributed by atoms with E-state index in [0.717, 1.165) is 61.3 Å². The number of benzene rings is 10. The first-order chi connectivity index (χ1) is 31.2. The van der Waals surface area contributed by atoms with Crippen LogP contribution in [0.4, 0.5) is 17.1 Å². The molecular weight excluding hydrogens is 783 g/mol. The van der Waals surface area contributed by atoms with Gasteiger partial charge in [-0.05, 0) is 98.6 Å². The lowest BCUT2D eigenvalue weighted by molar-refractivity contribution is 0.670. The van der Waals surface area contributed by atoms with E-state index in [9.17, 15) is 0 Å². The Hall–Kier alpha value is -7.98. The molecule has 10 aromatic carbocycles. The van der Waals surface area contributed by atoms with E-state index in [1.54, 1.807) is 0 Å². The summed E-state index contributed by atoms with van der Waals surface area (Å²) in [4.78, 5) is 2.45. The van der Waals surface area contributed by atoms with Gasteiger partial charge >= 0.3 is 0 Å². The molecule has 12 aromatic rings. The molecule has 0 N–H and O–H groups in total. The lowest BCUT2D eigenvalue weighted by Gasteiger charge is -2.27. The lowest BCUT2D eigenvalue weighted by Crippen LogP contribution is -2.10.